The number of carbonyl (C=O) groups excluding carboxylic acids is 2. The first-order valence-corrected chi connectivity index (χ1v) is 13.3. The minimum absolute atomic E-state index is 0. The van der Waals surface area contributed by atoms with E-state index in [0.29, 0.717) is 18.0 Å². The summed E-state index contributed by atoms with van der Waals surface area (Å²) in [4.78, 5) is 29.8. The number of benzene rings is 2. The molecule has 0 bridgehead atoms. The zero-order valence-electron chi connectivity index (χ0n) is 22.0. The summed E-state index contributed by atoms with van der Waals surface area (Å²) in [5, 5.41) is 3.89. The normalized spacial score (nSPS) is 18.1. The highest BCUT2D eigenvalue weighted by Crippen LogP contribution is 2.41. The van der Waals surface area contributed by atoms with Crippen molar-refractivity contribution in [3.05, 3.63) is 64.7 Å². The first-order valence-electron chi connectivity index (χ1n) is 13.0. The van der Waals surface area contributed by atoms with Gasteiger partial charge in [0.2, 0.25) is 11.8 Å². The Morgan fingerprint density at radius 1 is 1.14 bits per heavy atom. The molecule has 2 fully saturated rings. The molecule has 2 heterocycles. The Kier molecular flexibility index (Phi) is 10.3. The molecule has 4 rings (SSSR count). The van der Waals surface area contributed by atoms with Crippen LogP contribution < -0.4 is 10.1 Å². The Labute approximate surface area is 232 Å². The average Bonchev–Trinajstić information content (AvgIpc) is 3.17. The maximum atomic E-state index is 12.9. The lowest BCUT2D eigenvalue weighted by Crippen LogP contribution is -2.43. The predicted octanol–water partition coefficient (Wildman–Crippen LogP) is 5.49. The first-order chi connectivity index (χ1) is 17.3. The van der Waals surface area contributed by atoms with Crippen molar-refractivity contribution in [2.75, 3.05) is 33.3 Å². The third-order valence-electron chi connectivity index (χ3n) is 7.68. The second-order valence-electron chi connectivity index (χ2n) is 10.7. The van der Waals surface area contributed by atoms with Gasteiger partial charge in [0.25, 0.3) is 0 Å². The highest BCUT2D eigenvalue weighted by Gasteiger charge is 2.44. The van der Waals surface area contributed by atoms with E-state index < -0.39 is 0 Å². The van der Waals surface area contributed by atoms with E-state index in [1.165, 1.54) is 0 Å². The molecule has 1 unspecified atom stereocenters. The Morgan fingerprint density at radius 2 is 1.84 bits per heavy atom. The summed E-state index contributed by atoms with van der Waals surface area (Å²) in [6.07, 6.45) is 3.52. The van der Waals surface area contributed by atoms with E-state index >= 15 is 0 Å². The van der Waals surface area contributed by atoms with Crippen molar-refractivity contribution in [3.8, 4) is 5.75 Å². The number of nitrogens with zero attached hydrogens (tertiary/aromatic N) is 2. The van der Waals surface area contributed by atoms with Crippen LogP contribution in [0.3, 0.4) is 0 Å². The van der Waals surface area contributed by atoms with Crippen molar-refractivity contribution >= 4 is 35.8 Å². The minimum atomic E-state index is -0.0673. The Balaban J connectivity index is 0.00000380. The molecule has 1 atom stereocenters. The molecule has 37 heavy (non-hydrogen) atoms. The zero-order chi connectivity index (χ0) is 25.7. The molecule has 0 aliphatic carbocycles. The second kappa shape index (κ2) is 13.0. The van der Waals surface area contributed by atoms with Crippen LogP contribution in [0, 0.1) is 11.3 Å². The fraction of sp³-hybridized carbons (Fsp3) is 0.517. The van der Waals surface area contributed by atoms with Crippen molar-refractivity contribution < 1.29 is 14.3 Å². The summed E-state index contributed by atoms with van der Waals surface area (Å²) in [6, 6.07) is 15.7. The molecule has 0 saturated carbocycles. The van der Waals surface area contributed by atoms with E-state index in [1.54, 1.807) is 7.11 Å². The highest BCUT2D eigenvalue weighted by molar-refractivity contribution is 6.30. The van der Waals surface area contributed by atoms with E-state index in [-0.39, 0.29) is 41.6 Å². The predicted molar refractivity (Wildman–Crippen MR) is 150 cm³/mol. The van der Waals surface area contributed by atoms with Crippen molar-refractivity contribution in [3.63, 3.8) is 0 Å². The quantitative estimate of drug-likeness (QED) is 0.451. The van der Waals surface area contributed by atoms with Gasteiger partial charge in [0.15, 0.2) is 0 Å². The van der Waals surface area contributed by atoms with Gasteiger partial charge in [-0.15, -0.1) is 12.4 Å². The summed E-state index contributed by atoms with van der Waals surface area (Å²) in [5.41, 5.74) is 2.26. The van der Waals surface area contributed by atoms with Gasteiger partial charge >= 0.3 is 0 Å². The molecule has 202 valence electrons. The molecule has 0 aromatic heterocycles. The lowest BCUT2D eigenvalue weighted by molar-refractivity contribution is -0.128. The number of nitrogens with one attached hydrogen (secondary N) is 1. The molecule has 8 heteroatoms. The fourth-order valence-corrected chi connectivity index (χ4v) is 5.56. The number of rotatable bonds is 9. The van der Waals surface area contributed by atoms with Crippen molar-refractivity contribution in [2.24, 2.45) is 11.3 Å². The molecule has 2 aliphatic rings. The van der Waals surface area contributed by atoms with Gasteiger partial charge in [-0.2, -0.15) is 0 Å². The van der Waals surface area contributed by atoms with Gasteiger partial charge in [0.05, 0.1) is 13.2 Å². The molecule has 2 aliphatic heterocycles. The Bertz CT molecular complexity index is 1050. The zero-order valence-corrected chi connectivity index (χ0v) is 23.6. The summed E-state index contributed by atoms with van der Waals surface area (Å²) in [7, 11) is 1.66. The number of hydrogen-bond acceptors (Lipinski definition) is 4. The van der Waals surface area contributed by atoms with E-state index in [4.69, 9.17) is 16.3 Å². The number of hydrogen-bond donors (Lipinski definition) is 1. The standard InChI is InChI=1S/C29H38ClN3O3.ClH/c1-21(2)28(35)31-26(23-5-4-6-24(30)17-23)11-14-32-15-12-29(13-16-32)18-27(34)33(20-29)19-22-7-9-25(36-3)10-8-22;/h4-10,17,21,26H,11-16,18-20H2,1-3H3,(H,31,35);1H. The maximum absolute atomic E-state index is 12.9. The summed E-state index contributed by atoms with van der Waals surface area (Å²) >= 11 is 6.23. The third-order valence-corrected chi connectivity index (χ3v) is 7.92. The van der Waals surface area contributed by atoms with Crippen molar-refractivity contribution in [2.45, 2.75) is 52.1 Å². The van der Waals surface area contributed by atoms with Crippen LogP contribution in [-0.2, 0) is 16.1 Å². The van der Waals surface area contributed by atoms with Crippen molar-refractivity contribution in [1.82, 2.24) is 15.1 Å². The lowest BCUT2D eigenvalue weighted by atomic mass is 9.77. The van der Waals surface area contributed by atoms with Gasteiger partial charge in [-0.25, -0.2) is 0 Å². The first kappa shape index (κ1) is 29.3. The molecule has 2 saturated heterocycles. The molecule has 2 aromatic rings. The van der Waals surface area contributed by atoms with Gasteiger partial charge in [-0.1, -0.05) is 49.7 Å². The number of methoxy groups -OCH3 is 1. The van der Waals surface area contributed by atoms with Crippen LogP contribution >= 0.6 is 24.0 Å². The van der Waals surface area contributed by atoms with Crippen LogP contribution in [0.15, 0.2) is 48.5 Å². The monoisotopic (exact) mass is 547 g/mol. The van der Waals surface area contributed by atoms with Gasteiger partial charge in [0, 0.05) is 37.0 Å². The van der Waals surface area contributed by atoms with E-state index in [2.05, 4.69) is 10.2 Å². The van der Waals surface area contributed by atoms with Crippen LogP contribution in [0.25, 0.3) is 0 Å². The molecule has 0 radical (unpaired) electrons. The molecule has 2 amide bonds. The molecule has 2 aromatic carbocycles. The topological polar surface area (TPSA) is 61.9 Å². The number of halogens is 2. The SMILES string of the molecule is COc1ccc(CN2CC3(CCN(CCC(NC(=O)C(C)C)c4cccc(Cl)c4)CC3)CC2=O)cc1.Cl. The van der Waals surface area contributed by atoms with Crippen LogP contribution in [-0.4, -0.2) is 54.9 Å². The van der Waals surface area contributed by atoms with E-state index in [0.717, 1.165) is 62.3 Å². The van der Waals surface area contributed by atoms with Gasteiger partial charge in [0.1, 0.15) is 5.75 Å². The average molecular weight is 549 g/mol. The van der Waals surface area contributed by atoms with E-state index in [9.17, 15) is 9.59 Å². The number of piperidine rings is 1. The Hall–Kier alpha value is -2.28. The van der Waals surface area contributed by atoms with Crippen LogP contribution in [0.5, 0.6) is 5.75 Å². The second-order valence-corrected chi connectivity index (χ2v) is 11.1. The van der Waals surface area contributed by atoms with Gasteiger partial charge in [-0.05, 0) is 73.2 Å². The number of likely N-dealkylation sites (tertiary alicyclic amines) is 2. The number of ether oxygens (including phenoxy) is 1. The summed E-state index contributed by atoms with van der Waals surface area (Å²) in [6.45, 7) is 8.17. The Morgan fingerprint density at radius 3 is 2.46 bits per heavy atom. The van der Waals surface area contributed by atoms with Crippen LogP contribution in [0.1, 0.15) is 56.7 Å². The largest absolute Gasteiger partial charge is 0.497 e. The molecular formula is C29H39Cl2N3O3. The fourth-order valence-electron chi connectivity index (χ4n) is 5.36. The van der Waals surface area contributed by atoms with Gasteiger partial charge < -0.3 is 19.9 Å². The van der Waals surface area contributed by atoms with E-state index in [1.807, 2.05) is 67.3 Å². The highest BCUT2D eigenvalue weighted by atomic mass is 35.5. The van der Waals surface area contributed by atoms with Crippen LogP contribution in [0.4, 0.5) is 0 Å². The molecule has 1 N–H and O–H groups in total. The smallest absolute Gasteiger partial charge is 0.223 e. The molecule has 6 nitrogen and oxygen atoms in total. The van der Waals surface area contributed by atoms with Gasteiger partial charge in [-0.3, -0.25) is 9.59 Å². The molecule has 1 spiro atoms. The van der Waals surface area contributed by atoms with Crippen LogP contribution in [0.2, 0.25) is 5.02 Å². The van der Waals surface area contributed by atoms with Crippen molar-refractivity contribution in [1.29, 1.82) is 0 Å². The number of amides is 2. The summed E-state index contributed by atoms with van der Waals surface area (Å²) in [5.74, 6) is 1.08. The number of carbonyl (C=O) groups is 2. The summed E-state index contributed by atoms with van der Waals surface area (Å²) < 4.78 is 5.24. The maximum Gasteiger partial charge on any atom is 0.223 e. The molecular weight excluding hydrogens is 509 g/mol. The minimum Gasteiger partial charge on any atom is -0.497 e. The lowest BCUT2D eigenvalue weighted by Gasteiger charge is -2.39. The third kappa shape index (κ3) is 7.62.